The maximum absolute atomic E-state index is 5.98. The summed E-state index contributed by atoms with van der Waals surface area (Å²) in [5, 5.41) is 4.77. The van der Waals surface area contributed by atoms with Crippen molar-refractivity contribution in [3.05, 3.63) is 46.6 Å². The Balaban J connectivity index is 2.10. The molecule has 0 fully saturated rings. The molecule has 5 heteroatoms. The molecule has 114 valence electrons. The van der Waals surface area contributed by atoms with Gasteiger partial charge in [-0.25, -0.2) is 0 Å². The molecule has 0 aliphatic rings. The van der Waals surface area contributed by atoms with E-state index in [1.54, 1.807) is 0 Å². The number of rotatable bonds is 5. The maximum Gasteiger partial charge on any atom is 0.231 e. The van der Waals surface area contributed by atoms with Crippen molar-refractivity contribution in [3.63, 3.8) is 0 Å². The SMILES string of the molecule is CC(C)(C)CC(CN)c1nc(Cc2cccc(Cl)c2)no1. The first-order chi connectivity index (χ1) is 9.87. The summed E-state index contributed by atoms with van der Waals surface area (Å²) in [6.45, 7) is 7.05. The molecule has 0 saturated carbocycles. The molecule has 2 aromatic rings. The van der Waals surface area contributed by atoms with Gasteiger partial charge in [-0.05, 0) is 29.5 Å². The van der Waals surface area contributed by atoms with Crippen LogP contribution < -0.4 is 5.73 Å². The molecule has 1 aromatic carbocycles. The van der Waals surface area contributed by atoms with Crippen molar-refractivity contribution in [2.75, 3.05) is 6.54 Å². The van der Waals surface area contributed by atoms with Gasteiger partial charge in [0.2, 0.25) is 5.89 Å². The fraction of sp³-hybridized carbons (Fsp3) is 0.500. The molecule has 4 nitrogen and oxygen atoms in total. The Morgan fingerprint density at radius 3 is 2.71 bits per heavy atom. The Labute approximate surface area is 130 Å². The zero-order valence-corrected chi connectivity index (χ0v) is 13.5. The van der Waals surface area contributed by atoms with E-state index in [0.29, 0.717) is 29.7 Å². The first kappa shape index (κ1) is 16.0. The van der Waals surface area contributed by atoms with Crippen LogP contribution in [0.5, 0.6) is 0 Å². The van der Waals surface area contributed by atoms with Crippen LogP contribution in [0, 0.1) is 5.41 Å². The molecule has 21 heavy (non-hydrogen) atoms. The molecule has 0 spiro atoms. The summed E-state index contributed by atoms with van der Waals surface area (Å²) in [5.41, 5.74) is 7.09. The lowest BCUT2D eigenvalue weighted by molar-refractivity contribution is 0.286. The summed E-state index contributed by atoms with van der Waals surface area (Å²) < 4.78 is 5.39. The second kappa shape index (κ2) is 6.58. The lowest BCUT2D eigenvalue weighted by Gasteiger charge is -2.22. The van der Waals surface area contributed by atoms with Gasteiger partial charge < -0.3 is 10.3 Å². The van der Waals surface area contributed by atoms with E-state index in [-0.39, 0.29) is 11.3 Å². The van der Waals surface area contributed by atoms with Crippen molar-refractivity contribution < 1.29 is 4.52 Å². The molecular weight excluding hydrogens is 286 g/mol. The zero-order valence-electron chi connectivity index (χ0n) is 12.8. The van der Waals surface area contributed by atoms with Gasteiger partial charge in [-0.2, -0.15) is 4.98 Å². The summed E-state index contributed by atoms with van der Waals surface area (Å²) in [5.74, 6) is 1.40. The van der Waals surface area contributed by atoms with Gasteiger partial charge in [0.15, 0.2) is 5.82 Å². The number of nitrogens with two attached hydrogens (primary N) is 1. The minimum atomic E-state index is 0.102. The van der Waals surface area contributed by atoms with Gasteiger partial charge in [0, 0.05) is 18.0 Å². The van der Waals surface area contributed by atoms with Gasteiger partial charge in [-0.1, -0.05) is 49.7 Å². The molecule has 2 rings (SSSR count). The molecule has 1 unspecified atom stereocenters. The minimum absolute atomic E-state index is 0.102. The third-order valence-corrected chi connectivity index (χ3v) is 3.46. The molecule has 0 amide bonds. The predicted octanol–water partition coefficient (Wildman–Crippen LogP) is 3.79. The van der Waals surface area contributed by atoms with Gasteiger partial charge in [-0.3, -0.25) is 0 Å². The Morgan fingerprint density at radius 2 is 2.10 bits per heavy atom. The quantitative estimate of drug-likeness (QED) is 0.912. The number of benzene rings is 1. The molecule has 1 atom stereocenters. The van der Waals surface area contributed by atoms with Crippen molar-refractivity contribution in [1.82, 2.24) is 10.1 Å². The van der Waals surface area contributed by atoms with Crippen molar-refractivity contribution >= 4 is 11.6 Å². The van der Waals surface area contributed by atoms with Crippen molar-refractivity contribution in [1.29, 1.82) is 0 Å². The number of hydrogen-bond acceptors (Lipinski definition) is 4. The predicted molar refractivity (Wildman–Crippen MR) is 84.4 cm³/mol. The van der Waals surface area contributed by atoms with Crippen LogP contribution in [0.2, 0.25) is 5.02 Å². The molecule has 0 radical (unpaired) electrons. The van der Waals surface area contributed by atoms with Crippen LogP contribution in [-0.4, -0.2) is 16.7 Å². The summed E-state index contributed by atoms with van der Waals surface area (Å²) in [4.78, 5) is 4.49. The Bertz CT molecular complexity index is 589. The molecule has 1 heterocycles. The summed E-state index contributed by atoms with van der Waals surface area (Å²) >= 11 is 5.98. The minimum Gasteiger partial charge on any atom is -0.339 e. The van der Waals surface area contributed by atoms with E-state index in [9.17, 15) is 0 Å². The number of nitrogens with zero attached hydrogens (tertiary/aromatic N) is 2. The van der Waals surface area contributed by atoms with Crippen molar-refractivity contribution in [3.8, 4) is 0 Å². The van der Waals surface area contributed by atoms with Crippen molar-refractivity contribution in [2.24, 2.45) is 11.1 Å². The van der Waals surface area contributed by atoms with Crippen LogP contribution in [0.25, 0.3) is 0 Å². The van der Waals surface area contributed by atoms with Crippen LogP contribution in [0.4, 0.5) is 0 Å². The zero-order chi connectivity index (χ0) is 15.5. The first-order valence-electron chi connectivity index (χ1n) is 7.14. The highest BCUT2D eigenvalue weighted by Crippen LogP contribution is 2.29. The van der Waals surface area contributed by atoms with Crippen LogP contribution in [0.3, 0.4) is 0 Å². The van der Waals surface area contributed by atoms with Crippen LogP contribution >= 0.6 is 11.6 Å². The fourth-order valence-corrected chi connectivity index (χ4v) is 2.56. The van der Waals surface area contributed by atoms with Crippen molar-refractivity contribution in [2.45, 2.75) is 39.5 Å². The standard InChI is InChI=1S/C16H22ClN3O/c1-16(2,3)9-12(10-18)15-19-14(20-21-15)8-11-5-4-6-13(17)7-11/h4-7,12H,8-10,18H2,1-3H3. The average molecular weight is 308 g/mol. The summed E-state index contributed by atoms with van der Waals surface area (Å²) in [7, 11) is 0. The topological polar surface area (TPSA) is 64.9 Å². The highest BCUT2D eigenvalue weighted by atomic mass is 35.5. The highest BCUT2D eigenvalue weighted by Gasteiger charge is 2.24. The molecule has 0 aliphatic heterocycles. The largest absolute Gasteiger partial charge is 0.339 e. The van der Waals surface area contributed by atoms with E-state index >= 15 is 0 Å². The van der Waals surface area contributed by atoms with E-state index in [0.717, 1.165) is 12.0 Å². The maximum atomic E-state index is 5.98. The van der Waals surface area contributed by atoms with Crippen LogP contribution in [0.1, 0.15) is 50.4 Å². The average Bonchev–Trinajstić information content (AvgIpc) is 2.83. The second-order valence-corrected chi connectivity index (χ2v) is 6.99. The second-order valence-electron chi connectivity index (χ2n) is 6.55. The smallest absolute Gasteiger partial charge is 0.231 e. The fourth-order valence-electron chi connectivity index (χ4n) is 2.35. The van der Waals surface area contributed by atoms with E-state index in [2.05, 4.69) is 30.9 Å². The van der Waals surface area contributed by atoms with Gasteiger partial charge in [0.1, 0.15) is 0 Å². The number of hydrogen-bond donors (Lipinski definition) is 1. The lowest BCUT2D eigenvalue weighted by atomic mass is 9.84. The number of aromatic nitrogens is 2. The van der Waals surface area contributed by atoms with Crippen LogP contribution in [0.15, 0.2) is 28.8 Å². The van der Waals surface area contributed by atoms with E-state index in [1.165, 1.54) is 0 Å². The summed E-state index contributed by atoms with van der Waals surface area (Å²) in [6, 6.07) is 7.67. The van der Waals surface area contributed by atoms with E-state index < -0.39 is 0 Å². The normalized spacial score (nSPS) is 13.4. The van der Waals surface area contributed by atoms with Gasteiger partial charge in [0.05, 0.1) is 5.92 Å². The molecule has 0 saturated heterocycles. The van der Waals surface area contributed by atoms with Crippen LogP contribution in [-0.2, 0) is 6.42 Å². The van der Waals surface area contributed by atoms with E-state index in [4.69, 9.17) is 21.9 Å². The monoisotopic (exact) mass is 307 g/mol. The molecule has 0 aliphatic carbocycles. The Hall–Kier alpha value is -1.39. The lowest BCUT2D eigenvalue weighted by Crippen LogP contribution is -2.19. The molecule has 2 N–H and O–H groups in total. The molecular formula is C16H22ClN3O. The Morgan fingerprint density at radius 1 is 1.33 bits per heavy atom. The van der Waals surface area contributed by atoms with E-state index in [1.807, 2.05) is 24.3 Å². The first-order valence-corrected chi connectivity index (χ1v) is 7.52. The van der Waals surface area contributed by atoms with Gasteiger partial charge in [-0.15, -0.1) is 0 Å². The highest BCUT2D eigenvalue weighted by molar-refractivity contribution is 6.30. The van der Waals surface area contributed by atoms with Gasteiger partial charge >= 0.3 is 0 Å². The number of halogens is 1. The third kappa shape index (κ3) is 4.83. The van der Waals surface area contributed by atoms with Gasteiger partial charge in [0.25, 0.3) is 0 Å². The molecule has 1 aromatic heterocycles. The third-order valence-electron chi connectivity index (χ3n) is 3.23. The molecule has 0 bridgehead atoms. The summed E-state index contributed by atoms with van der Waals surface area (Å²) in [6.07, 6.45) is 1.53. The Kier molecular flexibility index (Phi) is 5.01.